The van der Waals surface area contributed by atoms with Gasteiger partial charge in [0.1, 0.15) is 11.0 Å². The molecule has 4 nitrogen and oxygen atoms in total. The fourth-order valence-electron chi connectivity index (χ4n) is 1.98. The number of hydrogen-bond acceptors (Lipinski definition) is 3. The highest BCUT2D eigenvalue weighted by Gasteiger charge is 2.19. The van der Waals surface area contributed by atoms with Crippen molar-refractivity contribution in [3.05, 3.63) is 28.2 Å². The first-order valence-corrected chi connectivity index (χ1v) is 8.86. The van der Waals surface area contributed by atoms with Crippen LogP contribution in [0.1, 0.15) is 26.3 Å². The van der Waals surface area contributed by atoms with E-state index in [0.717, 1.165) is 42.0 Å². The highest BCUT2D eigenvalue weighted by molar-refractivity contribution is 9.10. The molecule has 0 N–H and O–H groups in total. The summed E-state index contributed by atoms with van der Waals surface area (Å²) < 4.78 is 22.3. The maximum Gasteiger partial charge on any atom is 0.144 e. The maximum atomic E-state index is 12.1. The van der Waals surface area contributed by atoms with Crippen LogP contribution in [0, 0.1) is 0 Å². The van der Waals surface area contributed by atoms with Gasteiger partial charge < -0.3 is 9.64 Å². The zero-order chi connectivity index (χ0) is 15.5. The lowest BCUT2D eigenvalue weighted by molar-refractivity contribution is 0.122. The van der Waals surface area contributed by atoms with Crippen LogP contribution in [0.15, 0.2) is 27.1 Å². The van der Waals surface area contributed by atoms with Crippen molar-refractivity contribution < 1.29 is 8.95 Å². The highest BCUT2D eigenvalue weighted by atomic mass is 79.9. The van der Waals surface area contributed by atoms with Crippen molar-refractivity contribution >= 4 is 38.8 Å². The molecule has 0 aromatic heterocycles. The normalized spacial score (nSPS) is 18.2. The van der Waals surface area contributed by atoms with Gasteiger partial charge in [0.05, 0.1) is 18.0 Å². The molecule has 1 saturated heterocycles. The Morgan fingerprint density at radius 3 is 2.62 bits per heavy atom. The summed E-state index contributed by atoms with van der Waals surface area (Å²) in [7, 11) is -1.25. The van der Waals surface area contributed by atoms with Gasteiger partial charge in [-0.2, -0.15) is 4.40 Å². The van der Waals surface area contributed by atoms with Crippen molar-refractivity contribution in [2.24, 2.45) is 4.40 Å². The SMILES string of the molecule is CC(C)(C)[S@](=O)N=Cc1cc(Br)ccc1N1CCOCC1. The second-order valence-electron chi connectivity index (χ2n) is 5.90. The van der Waals surface area contributed by atoms with Gasteiger partial charge in [0, 0.05) is 35.0 Å². The van der Waals surface area contributed by atoms with E-state index in [1.165, 1.54) is 0 Å². The second-order valence-corrected chi connectivity index (χ2v) is 8.75. The zero-order valence-corrected chi connectivity index (χ0v) is 15.0. The monoisotopic (exact) mass is 372 g/mol. The molecule has 0 unspecified atom stereocenters. The van der Waals surface area contributed by atoms with Crippen LogP contribution < -0.4 is 4.90 Å². The molecule has 1 aliphatic heterocycles. The number of hydrogen-bond donors (Lipinski definition) is 0. The van der Waals surface area contributed by atoms with Gasteiger partial charge in [0.15, 0.2) is 0 Å². The molecular weight excluding hydrogens is 352 g/mol. The minimum Gasteiger partial charge on any atom is -0.378 e. The van der Waals surface area contributed by atoms with Crippen LogP contribution in [0.4, 0.5) is 5.69 Å². The van der Waals surface area contributed by atoms with E-state index in [1.807, 2.05) is 32.9 Å². The first-order valence-electron chi connectivity index (χ1n) is 6.96. The fraction of sp³-hybridized carbons (Fsp3) is 0.533. The van der Waals surface area contributed by atoms with Crippen LogP contribution >= 0.6 is 15.9 Å². The van der Waals surface area contributed by atoms with E-state index >= 15 is 0 Å². The van der Waals surface area contributed by atoms with E-state index < -0.39 is 11.0 Å². The number of benzene rings is 1. The summed E-state index contributed by atoms with van der Waals surface area (Å²) in [6, 6.07) is 6.09. The van der Waals surface area contributed by atoms with Crippen molar-refractivity contribution in [2.45, 2.75) is 25.5 Å². The van der Waals surface area contributed by atoms with Gasteiger partial charge in [-0.05, 0) is 39.0 Å². The van der Waals surface area contributed by atoms with E-state index in [-0.39, 0.29) is 4.75 Å². The fourth-order valence-corrected chi connectivity index (χ4v) is 2.89. The summed E-state index contributed by atoms with van der Waals surface area (Å²) in [6.07, 6.45) is 1.72. The predicted octanol–water partition coefficient (Wildman–Crippen LogP) is 3.17. The number of anilines is 1. The summed E-state index contributed by atoms with van der Waals surface area (Å²) >= 11 is 3.49. The largest absolute Gasteiger partial charge is 0.378 e. The molecule has 116 valence electrons. The van der Waals surface area contributed by atoms with E-state index in [1.54, 1.807) is 6.21 Å². The van der Waals surface area contributed by atoms with Crippen molar-refractivity contribution in [1.82, 2.24) is 0 Å². The Morgan fingerprint density at radius 2 is 2.00 bits per heavy atom. The Balaban J connectivity index is 2.27. The van der Waals surface area contributed by atoms with Crippen LogP contribution in [0.3, 0.4) is 0 Å². The molecule has 1 heterocycles. The lowest BCUT2D eigenvalue weighted by Crippen LogP contribution is -2.36. The average molecular weight is 373 g/mol. The van der Waals surface area contributed by atoms with Crippen molar-refractivity contribution in [2.75, 3.05) is 31.2 Å². The second kappa shape index (κ2) is 7.03. The molecule has 0 amide bonds. The average Bonchev–Trinajstić information content (AvgIpc) is 2.44. The van der Waals surface area contributed by atoms with E-state index in [4.69, 9.17) is 4.74 Å². The summed E-state index contributed by atoms with van der Waals surface area (Å²) in [5.41, 5.74) is 2.08. The number of nitrogens with zero attached hydrogens (tertiary/aromatic N) is 2. The molecule has 0 spiro atoms. The number of ether oxygens (including phenoxy) is 1. The molecule has 1 fully saturated rings. The lowest BCUT2D eigenvalue weighted by Gasteiger charge is -2.30. The lowest BCUT2D eigenvalue weighted by atomic mass is 10.1. The smallest absolute Gasteiger partial charge is 0.144 e. The van der Waals surface area contributed by atoms with Crippen molar-refractivity contribution in [3.63, 3.8) is 0 Å². The van der Waals surface area contributed by atoms with Gasteiger partial charge >= 0.3 is 0 Å². The summed E-state index contributed by atoms with van der Waals surface area (Å²) in [5.74, 6) is 0. The Labute approximate surface area is 137 Å². The predicted molar refractivity (Wildman–Crippen MR) is 92.7 cm³/mol. The molecule has 0 bridgehead atoms. The number of rotatable bonds is 3. The molecule has 1 aromatic carbocycles. The van der Waals surface area contributed by atoms with Crippen LogP contribution in [-0.4, -0.2) is 41.5 Å². The van der Waals surface area contributed by atoms with E-state index in [9.17, 15) is 4.21 Å². The molecule has 1 aliphatic rings. The van der Waals surface area contributed by atoms with Crippen molar-refractivity contribution in [3.8, 4) is 0 Å². The molecule has 2 rings (SSSR count). The molecule has 21 heavy (non-hydrogen) atoms. The Morgan fingerprint density at radius 1 is 1.33 bits per heavy atom. The summed E-state index contributed by atoms with van der Waals surface area (Å²) in [5, 5.41) is 0. The molecular formula is C15H21BrN2O2S. The molecule has 6 heteroatoms. The molecule has 0 saturated carbocycles. The molecule has 0 aliphatic carbocycles. The van der Waals surface area contributed by atoms with Crippen LogP contribution in [-0.2, 0) is 15.7 Å². The van der Waals surface area contributed by atoms with E-state index in [2.05, 4.69) is 31.3 Å². The maximum absolute atomic E-state index is 12.1. The topological polar surface area (TPSA) is 41.9 Å². The highest BCUT2D eigenvalue weighted by Crippen LogP contribution is 2.24. The summed E-state index contributed by atoms with van der Waals surface area (Å²) in [6.45, 7) is 8.97. The minimum absolute atomic E-state index is 0.346. The first-order chi connectivity index (χ1) is 9.88. The third-order valence-corrected chi connectivity index (χ3v) is 4.99. The Kier molecular flexibility index (Phi) is 5.57. The van der Waals surface area contributed by atoms with Crippen LogP contribution in [0.5, 0.6) is 0 Å². The minimum atomic E-state index is -1.25. The van der Waals surface area contributed by atoms with Gasteiger partial charge in [0.2, 0.25) is 0 Å². The standard InChI is InChI=1S/C15H21BrN2O2S/c1-15(2,3)21(19)17-11-12-10-13(16)4-5-14(12)18-6-8-20-9-7-18/h4-5,10-11H,6-9H2,1-3H3/t21-/m0/s1. The third-order valence-electron chi connectivity index (χ3n) is 3.15. The van der Waals surface area contributed by atoms with Gasteiger partial charge in [-0.1, -0.05) is 15.9 Å². The van der Waals surface area contributed by atoms with Gasteiger partial charge in [-0.3, -0.25) is 0 Å². The van der Waals surface area contributed by atoms with Gasteiger partial charge in [0.25, 0.3) is 0 Å². The Hall–Kier alpha value is -0.720. The zero-order valence-electron chi connectivity index (χ0n) is 12.6. The number of morpholine rings is 1. The molecule has 0 radical (unpaired) electrons. The van der Waals surface area contributed by atoms with E-state index in [0.29, 0.717) is 0 Å². The summed E-state index contributed by atoms with van der Waals surface area (Å²) in [4.78, 5) is 2.28. The number of halogens is 1. The molecule has 1 aromatic rings. The Bertz CT molecular complexity index is 549. The van der Waals surface area contributed by atoms with Crippen LogP contribution in [0.25, 0.3) is 0 Å². The van der Waals surface area contributed by atoms with Crippen molar-refractivity contribution in [1.29, 1.82) is 0 Å². The third kappa shape index (κ3) is 4.63. The quantitative estimate of drug-likeness (QED) is 0.765. The first kappa shape index (κ1) is 16.6. The molecule has 1 atom stereocenters. The van der Waals surface area contributed by atoms with Crippen LogP contribution in [0.2, 0.25) is 0 Å². The van der Waals surface area contributed by atoms with Gasteiger partial charge in [-0.15, -0.1) is 0 Å². The van der Waals surface area contributed by atoms with Gasteiger partial charge in [-0.25, -0.2) is 4.21 Å².